The molecule has 4 aliphatic carbocycles. The predicted octanol–water partition coefficient (Wildman–Crippen LogP) is 3.58. The van der Waals surface area contributed by atoms with E-state index in [1.165, 1.54) is 25.7 Å². The first-order chi connectivity index (χ1) is 5.75. The summed E-state index contributed by atoms with van der Waals surface area (Å²) < 4.78 is 0. The Labute approximate surface area is 90.7 Å². The van der Waals surface area contributed by atoms with Gasteiger partial charge in [-0.15, -0.1) is 0 Å². The second-order valence-corrected chi connectivity index (χ2v) is 7.00. The van der Waals surface area contributed by atoms with Gasteiger partial charge in [0.15, 0.2) is 0 Å². The quantitative estimate of drug-likeness (QED) is 0.599. The SMILES string of the molecule is Br[C@@H]1C2CC3C[C@@H]1C[C@H](C3)[C@H]2Br. The minimum Gasteiger partial charge on any atom is -0.0884 e. The van der Waals surface area contributed by atoms with Crippen LogP contribution in [0.25, 0.3) is 0 Å². The van der Waals surface area contributed by atoms with Crippen LogP contribution in [0.15, 0.2) is 0 Å². The molecule has 6 atom stereocenters. The van der Waals surface area contributed by atoms with Gasteiger partial charge in [0.25, 0.3) is 0 Å². The maximum atomic E-state index is 3.89. The number of rotatable bonds is 0. The van der Waals surface area contributed by atoms with Gasteiger partial charge in [-0.05, 0) is 49.4 Å². The van der Waals surface area contributed by atoms with Crippen molar-refractivity contribution < 1.29 is 0 Å². The van der Waals surface area contributed by atoms with Crippen LogP contribution < -0.4 is 0 Å². The van der Waals surface area contributed by atoms with Gasteiger partial charge in [0.05, 0.1) is 0 Å². The molecule has 4 rings (SSSR count). The molecule has 2 unspecified atom stereocenters. The van der Waals surface area contributed by atoms with Crippen LogP contribution in [0.3, 0.4) is 0 Å². The largest absolute Gasteiger partial charge is 0.0884 e. The van der Waals surface area contributed by atoms with Crippen molar-refractivity contribution in [3.8, 4) is 0 Å². The first kappa shape index (κ1) is 8.28. The molecule has 0 N–H and O–H groups in total. The summed E-state index contributed by atoms with van der Waals surface area (Å²) in [6.07, 6.45) is 6.00. The Balaban J connectivity index is 1.93. The summed E-state index contributed by atoms with van der Waals surface area (Å²) in [6.45, 7) is 0. The third-order valence-corrected chi connectivity index (χ3v) is 7.06. The van der Waals surface area contributed by atoms with Crippen molar-refractivity contribution >= 4 is 31.9 Å². The molecule has 0 aromatic heterocycles. The van der Waals surface area contributed by atoms with Gasteiger partial charge in [-0.1, -0.05) is 31.9 Å². The summed E-state index contributed by atoms with van der Waals surface area (Å²) in [7, 11) is 0. The average Bonchev–Trinajstić information content (AvgIpc) is 2.07. The van der Waals surface area contributed by atoms with Crippen LogP contribution in [0.4, 0.5) is 0 Å². The van der Waals surface area contributed by atoms with Crippen LogP contribution in [-0.2, 0) is 0 Å². The Hall–Kier alpha value is 0.960. The smallest absolute Gasteiger partial charge is 0.0213 e. The van der Waals surface area contributed by atoms with Crippen molar-refractivity contribution in [1.82, 2.24) is 0 Å². The summed E-state index contributed by atoms with van der Waals surface area (Å²) in [4.78, 5) is 1.66. The molecule has 2 heteroatoms. The normalized spacial score (nSPS) is 62.5. The highest BCUT2D eigenvalue weighted by Gasteiger charge is 2.51. The Morgan fingerprint density at radius 1 is 0.750 bits per heavy atom. The maximum Gasteiger partial charge on any atom is 0.0213 e. The van der Waals surface area contributed by atoms with Crippen molar-refractivity contribution in [2.45, 2.75) is 35.3 Å². The molecular formula is C10H14Br2. The monoisotopic (exact) mass is 292 g/mol. The van der Waals surface area contributed by atoms with Crippen molar-refractivity contribution in [2.75, 3.05) is 0 Å². The lowest BCUT2D eigenvalue weighted by atomic mass is 9.56. The maximum absolute atomic E-state index is 3.89. The van der Waals surface area contributed by atoms with E-state index in [9.17, 15) is 0 Å². The molecule has 0 saturated heterocycles. The molecule has 4 fully saturated rings. The second-order valence-electron chi connectivity index (χ2n) is 4.88. The Kier molecular flexibility index (Phi) is 1.88. The molecule has 0 amide bonds. The molecule has 12 heavy (non-hydrogen) atoms. The molecule has 0 nitrogen and oxygen atoms in total. The molecule has 0 aromatic rings. The van der Waals surface area contributed by atoms with Crippen molar-refractivity contribution in [2.24, 2.45) is 23.7 Å². The molecule has 4 aliphatic rings. The summed E-state index contributed by atoms with van der Waals surface area (Å²) in [5.74, 6) is 4.06. The van der Waals surface area contributed by atoms with Gasteiger partial charge in [0.2, 0.25) is 0 Å². The average molecular weight is 294 g/mol. The van der Waals surface area contributed by atoms with Gasteiger partial charge < -0.3 is 0 Å². The molecule has 68 valence electrons. The number of hydrogen-bond acceptors (Lipinski definition) is 0. The third kappa shape index (κ3) is 1.00. The highest BCUT2D eigenvalue weighted by molar-refractivity contribution is 9.10. The highest BCUT2D eigenvalue weighted by Crippen LogP contribution is 2.57. The second kappa shape index (κ2) is 2.73. The lowest BCUT2D eigenvalue weighted by Crippen LogP contribution is -2.51. The first-order valence-electron chi connectivity index (χ1n) is 5.04. The predicted molar refractivity (Wildman–Crippen MR) is 57.9 cm³/mol. The van der Waals surface area contributed by atoms with Gasteiger partial charge in [-0.3, -0.25) is 0 Å². The van der Waals surface area contributed by atoms with E-state index in [4.69, 9.17) is 0 Å². The van der Waals surface area contributed by atoms with Crippen LogP contribution in [0.2, 0.25) is 0 Å². The van der Waals surface area contributed by atoms with Gasteiger partial charge in [-0.2, -0.15) is 0 Å². The highest BCUT2D eigenvalue weighted by atomic mass is 79.9. The van der Waals surface area contributed by atoms with Crippen molar-refractivity contribution in [3.05, 3.63) is 0 Å². The van der Waals surface area contributed by atoms with Crippen LogP contribution in [0.5, 0.6) is 0 Å². The fourth-order valence-corrected chi connectivity index (χ4v) is 6.13. The number of alkyl halides is 2. The first-order valence-corrected chi connectivity index (χ1v) is 6.87. The summed E-state index contributed by atoms with van der Waals surface area (Å²) in [5, 5.41) is 0. The lowest BCUT2D eigenvalue weighted by Gasteiger charge is -2.55. The van der Waals surface area contributed by atoms with Crippen LogP contribution in [-0.4, -0.2) is 9.65 Å². The summed E-state index contributed by atoms with van der Waals surface area (Å²) >= 11 is 7.78. The molecule has 0 heterocycles. The molecule has 0 aliphatic heterocycles. The van der Waals surface area contributed by atoms with E-state index in [-0.39, 0.29) is 0 Å². The van der Waals surface area contributed by atoms with E-state index in [1.54, 1.807) is 0 Å². The minimum atomic E-state index is 0.828. The van der Waals surface area contributed by atoms with Crippen LogP contribution >= 0.6 is 31.9 Å². The Morgan fingerprint density at radius 2 is 1.33 bits per heavy atom. The Morgan fingerprint density at radius 3 is 1.92 bits per heavy atom. The Bertz CT molecular complexity index is 186. The zero-order valence-electron chi connectivity index (χ0n) is 7.05. The van der Waals surface area contributed by atoms with E-state index < -0.39 is 0 Å². The molecule has 0 radical (unpaired) electrons. The molecular weight excluding hydrogens is 280 g/mol. The van der Waals surface area contributed by atoms with Gasteiger partial charge in [0.1, 0.15) is 0 Å². The van der Waals surface area contributed by atoms with Gasteiger partial charge in [0, 0.05) is 9.65 Å². The number of halogens is 2. The summed E-state index contributed by atoms with van der Waals surface area (Å²) in [5.41, 5.74) is 0. The van der Waals surface area contributed by atoms with Gasteiger partial charge in [-0.25, -0.2) is 0 Å². The summed E-state index contributed by atoms with van der Waals surface area (Å²) in [6, 6.07) is 0. The van der Waals surface area contributed by atoms with E-state index in [2.05, 4.69) is 31.9 Å². The molecule has 4 saturated carbocycles. The molecule has 4 bridgehead atoms. The van der Waals surface area contributed by atoms with E-state index >= 15 is 0 Å². The zero-order chi connectivity index (χ0) is 8.29. The fourth-order valence-electron chi connectivity index (χ4n) is 3.77. The lowest BCUT2D eigenvalue weighted by molar-refractivity contribution is 0.0379. The third-order valence-electron chi connectivity index (χ3n) is 4.20. The van der Waals surface area contributed by atoms with E-state index in [0.717, 1.165) is 33.3 Å². The fraction of sp³-hybridized carbons (Fsp3) is 1.00. The standard InChI is InChI=1S/C10H14Br2/c11-9-6-1-5-2-7(4-6)10(12)8(9)3-5/h5-10H,1-4H2/t5?,6-,7+,8?,9+,10-. The number of hydrogen-bond donors (Lipinski definition) is 0. The topological polar surface area (TPSA) is 0 Å². The van der Waals surface area contributed by atoms with Crippen LogP contribution in [0.1, 0.15) is 25.7 Å². The molecule has 0 aromatic carbocycles. The van der Waals surface area contributed by atoms with E-state index in [0.29, 0.717) is 0 Å². The van der Waals surface area contributed by atoms with E-state index in [1.807, 2.05) is 0 Å². The van der Waals surface area contributed by atoms with Crippen LogP contribution in [0, 0.1) is 23.7 Å². The molecule has 0 spiro atoms. The van der Waals surface area contributed by atoms with Crippen molar-refractivity contribution in [1.29, 1.82) is 0 Å². The van der Waals surface area contributed by atoms with Crippen molar-refractivity contribution in [3.63, 3.8) is 0 Å². The minimum absolute atomic E-state index is 0.828. The van der Waals surface area contributed by atoms with Gasteiger partial charge >= 0.3 is 0 Å². The zero-order valence-corrected chi connectivity index (χ0v) is 10.2.